The molecule has 0 aromatic heterocycles. The Kier molecular flexibility index (Phi) is 3.24. The molecule has 0 atom stereocenters. The summed E-state index contributed by atoms with van der Waals surface area (Å²) in [6, 6.07) is 6.56. The highest BCUT2D eigenvalue weighted by Gasteiger charge is 2.02. The van der Waals surface area contributed by atoms with Gasteiger partial charge in [0.2, 0.25) is 0 Å². The topological polar surface area (TPSA) is 12.4 Å². The van der Waals surface area contributed by atoms with E-state index in [1.54, 1.807) is 0 Å². The third-order valence-corrected chi connectivity index (χ3v) is 2.37. The summed E-state index contributed by atoms with van der Waals surface area (Å²) in [5, 5.41) is 0. The van der Waals surface area contributed by atoms with E-state index in [0.717, 1.165) is 12.1 Å². The molecule has 1 rings (SSSR count). The van der Waals surface area contributed by atoms with Crippen molar-refractivity contribution in [2.24, 2.45) is 4.99 Å². The van der Waals surface area contributed by atoms with Crippen LogP contribution in [0.4, 0.5) is 0 Å². The van der Waals surface area contributed by atoms with Gasteiger partial charge in [0.25, 0.3) is 0 Å². The van der Waals surface area contributed by atoms with Gasteiger partial charge < -0.3 is 0 Å². The molecule has 1 aromatic carbocycles. The van der Waals surface area contributed by atoms with Gasteiger partial charge in [-0.2, -0.15) is 0 Å². The van der Waals surface area contributed by atoms with Crippen LogP contribution in [0.1, 0.15) is 30.5 Å². The number of nitrogens with zero attached hydrogens (tertiary/aromatic N) is 1. The lowest BCUT2D eigenvalue weighted by Crippen LogP contribution is -2.00. The maximum absolute atomic E-state index is 4.23. The summed E-state index contributed by atoms with van der Waals surface area (Å²) in [4.78, 5) is 4.23. The Labute approximate surface area is 80.5 Å². The minimum Gasteiger partial charge on any atom is -0.293 e. The molecule has 0 aliphatic rings. The van der Waals surface area contributed by atoms with Crippen LogP contribution in [0, 0.1) is 6.92 Å². The van der Waals surface area contributed by atoms with Gasteiger partial charge in [-0.25, -0.2) is 0 Å². The van der Waals surface area contributed by atoms with Crippen molar-refractivity contribution in [1.29, 1.82) is 0 Å². The highest BCUT2D eigenvalue weighted by atomic mass is 14.7. The average Bonchev–Trinajstić information content (AvgIpc) is 2.16. The molecule has 70 valence electrons. The van der Waals surface area contributed by atoms with Gasteiger partial charge in [0, 0.05) is 12.8 Å². The Morgan fingerprint density at radius 2 is 2.08 bits per heavy atom. The van der Waals surface area contributed by atoms with Gasteiger partial charge in [0.05, 0.1) is 0 Å². The molecule has 0 N–H and O–H groups in total. The molecule has 1 aromatic rings. The van der Waals surface area contributed by atoms with E-state index in [2.05, 4.69) is 44.0 Å². The third kappa shape index (κ3) is 2.18. The van der Waals surface area contributed by atoms with E-state index < -0.39 is 0 Å². The van der Waals surface area contributed by atoms with Crippen LogP contribution in [-0.2, 0) is 6.42 Å². The van der Waals surface area contributed by atoms with Crippen molar-refractivity contribution >= 4 is 5.71 Å². The Bertz CT molecular complexity index is 324. The number of aryl methyl sites for hydroxylation is 2. The van der Waals surface area contributed by atoms with Gasteiger partial charge in [-0.05, 0) is 37.5 Å². The number of benzene rings is 1. The van der Waals surface area contributed by atoms with Crippen LogP contribution in [0.3, 0.4) is 0 Å². The number of aliphatic imine (C=N–C) groups is 1. The van der Waals surface area contributed by atoms with Crippen LogP contribution in [-0.4, -0.2) is 12.8 Å². The predicted octanol–water partition coefficient (Wildman–Crippen LogP) is 3.00. The second-order valence-corrected chi connectivity index (χ2v) is 3.32. The van der Waals surface area contributed by atoms with E-state index in [1.165, 1.54) is 16.7 Å². The second-order valence-electron chi connectivity index (χ2n) is 3.32. The van der Waals surface area contributed by atoms with Crippen LogP contribution in [0.15, 0.2) is 23.2 Å². The normalized spacial score (nSPS) is 11.8. The average molecular weight is 175 g/mol. The van der Waals surface area contributed by atoms with Gasteiger partial charge in [-0.1, -0.05) is 24.6 Å². The van der Waals surface area contributed by atoms with Crippen molar-refractivity contribution in [3.63, 3.8) is 0 Å². The van der Waals surface area contributed by atoms with Crippen molar-refractivity contribution in [2.75, 3.05) is 7.05 Å². The monoisotopic (exact) mass is 175 g/mol. The van der Waals surface area contributed by atoms with Crippen LogP contribution in [0.5, 0.6) is 0 Å². The molecule has 0 fully saturated rings. The molecular weight excluding hydrogens is 158 g/mol. The third-order valence-electron chi connectivity index (χ3n) is 2.37. The predicted molar refractivity (Wildman–Crippen MR) is 58.7 cm³/mol. The summed E-state index contributed by atoms with van der Waals surface area (Å²) in [5.74, 6) is 0. The van der Waals surface area contributed by atoms with Gasteiger partial charge in [0.1, 0.15) is 0 Å². The summed E-state index contributed by atoms with van der Waals surface area (Å²) in [6.07, 6.45) is 1.07. The molecule has 0 unspecified atom stereocenters. The minimum atomic E-state index is 1.07. The molecule has 0 radical (unpaired) electrons. The van der Waals surface area contributed by atoms with Crippen molar-refractivity contribution in [1.82, 2.24) is 0 Å². The number of rotatable bonds is 2. The Hall–Kier alpha value is -1.11. The smallest absolute Gasteiger partial charge is 0.0389 e. The Morgan fingerprint density at radius 3 is 2.62 bits per heavy atom. The first kappa shape index (κ1) is 9.97. The molecule has 1 nitrogen and oxygen atoms in total. The van der Waals surface area contributed by atoms with Crippen molar-refractivity contribution in [3.8, 4) is 0 Å². The summed E-state index contributed by atoms with van der Waals surface area (Å²) < 4.78 is 0. The molecule has 1 heteroatoms. The van der Waals surface area contributed by atoms with E-state index in [0.29, 0.717) is 0 Å². The zero-order valence-corrected chi connectivity index (χ0v) is 8.89. The Balaban J connectivity index is 3.23. The zero-order valence-electron chi connectivity index (χ0n) is 8.89. The molecule has 0 bridgehead atoms. The largest absolute Gasteiger partial charge is 0.293 e. The maximum Gasteiger partial charge on any atom is 0.0389 e. The highest BCUT2D eigenvalue weighted by molar-refractivity contribution is 6.00. The fraction of sp³-hybridized carbons (Fsp3) is 0.417. The van der Waals surface area contributed by atoms with Crippen molar-refractivity contribution in [2.45, 2.75) is 27.2 Å². The standard InChI is InChI=1S/C12H17N/c1-5-11-7-6-9(2)8-12(11)10(3)13-4/h6-8H,5H2,1-4H3/b13-10+. The van der Waals surface area contributed by atoms with Gasteiger partial charge in [-0.15, -0.1) is 0 Å². The zero-order chi connectivity index (χ0) is 9.84. The highest BCUT2D eigenvalue weighted by Crippen LogP contribution is 2.13. The first-order valence-corrected chi connectivity index (χ1v) is 4.72. The lowest BCUT2D eigenvalue weighted by molar-refractivity contribution is 1.12. The molecule has 0 saturated carbocycles. The molecule has 0 amide bonds. The molecular formula is C12H17N. The van der Waals surface area contributed by atoms with Crippen LogP contribution < -0.4 is 0 Å². The fourth-order valence-electron chi connectivity index (χ4n) is 1.46. The maximum atomic E-state index is 4.23. The fourth-order valence-corrected chi connectivity index (χ4v) is 1.46. The molecule has 0 aliphatic carbocycles. The second kappa shape index (κ2) is 4.22. The van der Waals surface area contributed by atoms with Crippen molar-refractivity contribution in [3.05, 3.63) is 34.9 Å². The van der Waals surface area contributed by atoms with E-state index in [9.17, 15) is 0 Å². The van der Waals surface area contributed by atoms with Crippen LogP contribution in [0.2, 0.25) is 0 Å². The van der Waals surface area contributed by atoms with E-state index in [-0.39, 0.29) is 0 Å². The molecule has 0 saturated heterocycles. The molecule has 0 spiro atoms. The molecule has 13 heavy (non-hydrogen) atoms. The molecule has 0 heterocycles. The first-order valence-electron chi connectivity index (χ1n) is 4.72. The van der Waals surface area contributed by atoms with E-state index in [4.69, 9.17) is 0 Å². The summed E-state index contributed by atoms with van der Waals surface area (Å²) >= 11 is 0. The summed E-state index contributed by atoms with van der Waals surface area (Å²) in [5.41, 5.74) is 5.11. The minimum absolute atomic E-state index is 1.07. The lowest BCUT2D eigenvalue weighted by atomic mass is 9.99. The summed E-state index contributed by atoms with van der Waals surface area (Å²) in [7, 11) is 1.84. The van der Waals surface area contributed by atoms with Crippen LogP contribution in [0.25, 0.3) is 0 Å². The van der Waals surface area contributed by atoms with E-state index >= 15 is 0 Å². The SMILES string of the molecule is CCc1ccc(C)cc1/C(C)=N/C. The van der Waals surface area contributed by atoms with Gasteiger partial charge in [-0.3, -0.25) is 4.99 Å². The van der Waals surface area contributed by atoms with Gasteiger partial charge in [0.15, 0.2) is 0 Å². The Morgan fingerprint density at radius 1 is 1.38 bits per heavy atom. The van der Waals surface area contributed by atoms with Crippen LogP contribution >= 0.6 is 0 Å². The summed E-state index contributed by atoms with van der Waals surface area (Å²) in [6.45, 7) is 6.36. The lowest BCUT2D eigenvalue weighted by Gasteiger charge is -2.07. The number of hydrogen-bond acceptors (Lipinski definition) is 1. The van der Waals surface area contributed by atoms with Crippen molar-refractivity contribution < 1.29 is 0 Å². The quantitative estimate of drug-likeness (QED) is 0.613. The molecule has 0 aliphatic heterocycles. The van der Waals surface area contributed by atoms with E-state index in [1.807, 2.05) is 7.05 Å². The van der Waals surface area contributed by atoms with Gasteiger partial charge >= 0.3 is 0 Å². The number of hydrogen-bond donors (Lipinski definition) is 0. The first-order chi connectivity index (χ1) is 6.19.